The van der Waals surface area contributed by atoms with E-state index in [0.29, 0.717) is 37.4 Å². The van der Waals surface area contributed by atoms with Crippen LogP contribution in [0.5, 0.6) is 0 Å². The van der Waals surface area contributed by atoms with Gasteiger partial charge in [0.15, 0.2) is 11.8 Å². The number of fused-ring (bicyclic) bond motifs is 2. The zero-order valence-corrected chi connectivity index (χ0v) is 15.5. The van der Waals surface area contributed by atoms with Gasteiger partial charge in [-0.25, -0.2) is 4.98 Å². The molecule has 3 N–H and O–H groups in total. The van der Waals surface area contributed by atoms with Crippen LogP contribution in [-0.4, -0.2) is 50.7 Å². The van der Waals surface area contributed by atoms with Gasteiger partial charge in [0.25, 0.3) is 6.01 Å². The molecule has 1 fully saturated rings. The van der Waals surface area contributed by atoms with Gasteiger partial charge in [0.1, 0.15) is 11.2 Å². The van der Waals surface area contributed by atoms with Gasteiger partial charge in [-0.3, -0.25) is 9.30 Å². The minimum atomic E-state index is -0.730. The van der Waals surface area contributed by atoms with E-state index < -0.39 is 6.23 Å². The molecule has 0 bridgehead atoms. The molecule has 3 aromatic heterocycles. The van der Waals surface area contributed by atoms with Crippen molar-refractivity contribution in [3.8, 4) is 11.1 Å². The highest BCUT2D eigenvalue weighted by atomic mass is 16.5. The summed E-state index contributed by atoms with van der Waals surface area (Å²) in [7, 11) is 0. The van der Waals surface area contributed by atoms with E-state index in [1.54, 1.807) is 6.20 Å². The molecule has 0 amide bonds. The highest BCUT2D eigenvalue weighted by Gasteiger charge is 2.23. The van der Waals surface area contributed by atoms with Crippen LogP contribution < -0.4 is 5.73 Å². The van der Waals surface area contributed by atoms with Gasteiger partial charge in [0, 0.05) is 19.3 Å². The minimum absolute atomic E-state index is 0.157. The summed E-state index contributed by atoms with van der Waals surface area (Å²) >= 11 is 0. The highest BCUT2D eigenvalue weighted by Crippen LogP contribution is 2.29. The number of hydrogen-bond donors (Lipinski definition) is 2. The van der Waals surface area contributed by atoms with Crippen LogP contribution in [0.25, 0.3) is 27.9 Å². The third-order valence-corrected chi connectivity index (χ3v) is 5.21. The average molecular weight is 379 g/mol. The van der Waals surface area contributed by atoms with Gasteiger partial charge in [0.05, 0.1) is 25.1 Å². The summed E-state index contributed by atoms with van der Waals surface area (Å²) in [5.74, 6) is 0. The summed E-state index contributed by atoms with van der Waals surface area (Å²) in [6, 6.07) is 8.03. The number of imidazole rings is 1. The van der Waals surface area contributed by atoms with Crippen LogP contribution in [-0.2, 0) is 4.74 Å². The lowest BCUT2D eigenvalue weighted by atomic mass is 10.1. The van der Waals surface area contributed by atoms with E-state index in [9.17, 15) is 5.11 Å². The Hall–Kier alpha value is -2.94. The molecule has 4 heterocycles. The number of pyridine rings is 1. The number of benzene rings is 1. The summed E-state index contributed by atoms with van der Waals surface area (Å²) < 4.78 is 12.7. The lowest BCUT2D eigenvalue weighted by molar-refractivity contribution is -0.0626. The lowest BCUT2D eigenvalue weighted by Crippen LogP contribution is -2.39. The maximum absolute atomic E-state index is 10.9. The number of aliphatic hydroxyl groups is 1. The lowest BCUT2D eigenvalue weighted by Gasteiger charge is -2.30. The zero-order chi connectivity index (χ0) is 19.3. The molecule has 1 aliphatic heterocycles. The number of hydrogen-bond acceptors (Lipinski definition) is 7. The van der Waals surface area contributed by atoms with E-state index in [2.05, 4.69) is 16.0 Å². The van der Waals surface area contributed by atoms with Crippen LogP contribution in [0.3, 0.4) is 0 Å². The molecule has 0 spiro atoms. The van der Waals surface area contributed by atoms with E-state index in [4.69, 9.17) is 14.9 Å². The van der Waals surface area contributed by atoms with Crippen molar-refractivity contribution in [2.24, 2.45) is 0 Å². The van der Waals surface area contributed by atoms with Crippen molar-refractivity contribution >= 4 is 22.8 Å². The van der Waals surface area contributed by atoms with Crippen LogP contribution >= 0.6 is 0 Å². The summed E-state index contributed by atoms with van der Waals surface area (Å²) in [6.45, 7) is 4.65. The number of nitrogens with two attached hydrogens (primary N) is 1. The number of ether oxygens (including phenoxy) is 1. The van der Waals surface area contributed by atoms with Crippen molar-refractivity contribution in [3.63, 3.8) is 0 Å². The summed E-state index contributed by atoms with van der Waals surface area (Å²) in [6.07, 6.45) is 3.01. The summed E-state index contributed by atoms with van der Waals surface area (Å²) in [5.41, 5.74) is 11.6. The molecule has 1 saturated heterocycles. The van der Waals surface area contributed by atoms with Crippen LogP contribution in [0, 0.1) is 6.92 Å². The van der Waals surface area contributed by atoms with Crippen LogP contribution in [0.15, 0.2) is 41.1 Å². The Bertz CT molecular complexity index is 1160. The number of nitrogens with zero attached hydrogens (tertiary/aromatic N) is 4. The van der Waals surface area contributed by atoms with E-state index in [0.717, 1.165) is 28.0 Å². The van der Waals surface area contributed by atoms with Crippen molar-refractivity contribution in [1.82, 2.24) is 19.3 Å². The molecule has 1 aliphatic rings. The molecule has 28 heavy (non-hydrogen) atoms. The Labute approximate surface area is 161 Å². The zero-order valence-electron chi connectivity index (χ0n) is 15.5. The second-order valence-corrected chi connectivity index (χ2v) is 7.05. The molecule has 1 aromatic carbocycles. The number of aliphatic hydroxyl groups excluding tert-OH is 1. The molecule has 1 atom stereocenters. The fourth-order valence-electron chi connectivity index (χ4n) is 3.76. The van der Waals surface area contributed by atoms with Crippen LogP contribution in [0.1, 0.15) is 17.5 Å². The Kier molecular flexibility index (Phi) is 4.04. The van der Waals surface area contributed by atoms with E-state index in [1.165, 1.54) is 0 Å². The quantitative estimate of drug-likeness (QED) is 0.563. The third kappa shape index (κ3) is 2.82. The average Bonchev–Trinajstić information content (AvgIpc) is 3.30. The Morgan fingerprint density at radius 3 is 2.82 bits per heavy atom. The van der Waals surface area contributed by atoms with Crippen LogP contribution in [0.4, 0.5) is 6.01 Å². The number of aryl methyl sites for hydroxylation is 1. The first kappa shape index (κ1) is 17.2. The first-order valence-electron chi connectivity index (χ1n) is 9.24. The van der Waals surface area contributed by atoms with Crippen molar-refractivity contribution in [1.29, 1.82) is 0 Å². The number of anilines is 1. The highest BCUT2D eigenvalue weighted by molar-refractivity contribution is 5.81. The largest absolute Gasteiger partial charge is 0.424 e. The van der Waals surface area contributed by atoms with E-state index >= 15 is 0 Å². The molecule has 0 radical (unpaired) electrons. The Morgan fingerprint density at radius 1 is 1.18 bits per heavy atom. The van der Waals surface area contributed by atoms with E-state index in [-0.39, 0.29) is 6.01 Å². The Morgan fingerprint density at radius 2 is 2.00 bits per heavy atom. The van der Waals surface area contributed by atoms with Crippen LogP contribution in [0.2, 0.25) is 0 Å². The molecule has 0 saturated carbocycles. The standard InChI is InChI=1S/C20H21N5O3/c1-12-8-14(13-2-3-17-15(9-13)23-20(21)28-17)11-25-16(10-22-18(12)25)19(26)24-4-6-27-7-5-24/h2-3,8-11,19,26H,4-7H2,1H3,(H2,21,23). The van der Waals surface area contributed by atoms with Crippen molar-refractivity contribution in [2.45, 2.75) is 13.2 Å². The topological polar surface area (TPSA) is 102 Å². The number of rotatable bonds is 3. The minimum Gasteiger partial charge on any atom is -0.424 e. The third-order valence-electron chi connectivity index (χ3n) is 5.21. The number of aromatic nitrogens is 3. The summed E-state index contributed by atoms with van der Waals surface area (Å²) in [5, 5.41) is 10.9. The normalized spacial score (nSPS) is 16.8. The molecule has 144 valence electrons. The van der Waals surface area contributed by atoms with Crippen molar-refractivity contribution in [2.75, 3.05) is 32.0 Å². The molecule has 5 rings (SSSR count). The second kappa shape index (κ2) is 6.59. The second-order valence-electron chi connectivity index (χ2n) is 7.05. The monoisotopic (exact) mass is 379 g/mol. The first-order valence-corrected chi connectivity index (χ1v) is 9.24. The number of morpholine rings is 1. The first-order chi connectivity index (χ1) is 13.6. The van der Waals surface area contributed by atoms with Gasteiger partial charge in [-0.15, -0.1) is 0 Å². The molecule has 8 heteroatoms. The molecular weight excluding hydrogens is 358 g/mol. The van der Waals surface area contributed by atoms with Gasteiger partial charge in [0.2, 0.25) is 0 Å². The predicted molar refractivity (Wildman–Crippen MR) is 105 cm³/mol. The molecule has 1 unspecified atom stereocenters. The fraction of sp³-hybridized carbons (Fsp3) is 0.300. The van der Waals surface area contributed by atoms with Gasteiger partial charge in [-0.05, 0) is 41.8 Å². The van der Waals surface area contributed by atoms with Crippen molar-refractivity contribution < 1.29 is 14.3 Å². The Balaban J connectivity index is 1.59. The molecule has 8 nitrogen and oxygen atoms in total. The molecule has 4 aromatic rings. The van der Waals surface area contributed by atoms with Gasteiger partial charge in [-0.1, -0.05) is 6.07 Å². The van der Waals surface area contributed by atoms with Gasteiger partial charge < -0.3 is 20.0 Å². The number of nitrogen functional groups attached to an aromatic ring is 1. The predicted octanol–water partition coefficient (Wildman–Crippen LogP) is 2.36. The fourth-order valence-corrected chi connectivity index (χ4v) is 3.76. The van der Waals surface area contributed by atoms with E-state index in [1.807, 2.05) is 40.6 Å². The van der Waals surface area contributed by atoms with Crippen molar-refractivity contribution in [3.05, 3.63) is 47.9 Å². The SMILES string of the molecule is Cc1cc(-c2ccc3oc(N)nc3c2)cn2c(C(O)N3CCOCC3)cnc12. The molecule has 0 aliphatic carbocycles. The van der Waals surface area contributed by atoms with Gasteiger partial charge in [-0.2, -0.15) is 4.98 Å². The number of oxazole rings is 1. The summed E-state index contributed by atoms with van der Waals surface area (Å²) in [4.78, 5) is 10.7. The molecular formula is C20H21N5O3. The maximum atomic E-state index is 10.9. The maximum Gasteiger partial charge on any atom is 0.292 e. The van der Waals surface area contributed by atoms with Gasteiger partial charge >= 0.3 is 0 Å². The smallest absolute Gasteiger partial charge is 0.292 e.